The Balaban J connectivity index is 4.48. The van der Waals surface area contributed by atoms with Crippen LogP contribution in [0.15, 0.2) is 23.0 Å². The molecule has 64 valence electrons. The Labute approximate surface area is 66.2 Å². The fourth-order valence-corrected chi connectivity index (χ4v) is 0.382. The molecule has 0 bridgehead atoms. The lowest BCUT2D eigenvalue weighted by molar-refractivity contribution is -0.108. The average molecular weight is 189 g/mol. The third-order valence-corrected chi connectivity index (χ3v) is 1.14. The van der Waals surface area contributed by atoms with Crippen molar-refractivity contribution in [1.82, 2.24) is 0 Å². The maximum atomic E-state index is 12.0. The van der Waals surface area contributed by atoms with Crippen LogP contribution >= 0.6 is 11.6 Å². The monoisotopic (exact) mass is 188 g/mol. The molecule has 0 heterocycles. The molecule has 11 heavy (non-hydrogen) atoms. The molecule has 0 aliphatic rings. The molecule has 0 radical (unpaired) electrons. The summed E-state index contributed by atoms with van der Waals surface area (Å²) in [5.74, 6) is -2.19. The fraction of sp³-hybridized carbons (Fsp3) is 0.333. The van der Waals surface area contributed by atoms with Crippen LogP contribution in [-0.4, -0.2) is 6.18 Å². The van der Waals surface area contributed by atoms with Crippen molar-refractivity contribution in [2.24, 2.45) is 0 Å². The minimum Gasteiger partial charge on any atom is -0.202 e. The predicted octanol–water partition coefficient (Wildman–Crippen LogP) is 3.54. The molecule has 0 aromatic carbocycles. The van der Waals surface area contributed by atoms with E-state index >= 15 is 0 Å². The Morgan fingerprint density at radius 1 is 1.36 bits per heavy atom. The summed E-state index contributed by atoms with van der Waals surface area (Å²) in [6.45, 7) is 1.41. The minimum absolute atomic E-state index is 0.224. The molecule has 0 spiro atoms. The number of rotatable bonds is 1. The lowest BCUT2D eigenvalue weighted by atomic mass is 10.4. The zero-order valence-corrected chi connectivity index (χ0v) is 6.30. The van der Waals surface area contributed by atoms with Crippen LogP contribution in [0, 0.1) is 0 Å². The van der Waals surface area contributed by atoms with Crippen molar-refractivity contribution < 1.29 is 17.6 Å². The molecule has 0 amide bonds. The first-order valence-electron chi connectivity index (χ1n) is 2.64. The van der Waals surface area contributed by atoms with E-state index in [0.717, 1.165) is 6.08 Å². The molecule has 0 fully saturated rings. The van der Waals surface area contributed by atoms with Crippen LogP contribution in [0.25, 0.3) is 0 Å². The number of hydrogen-bond acceptors (Lipinski definition) is 0. The van der Waals surface area contributed by atoms with E-state index in [1.807, 2.05) is 0 Å². The van der Waals surface area contributed by atoms with Gasteiger partial charge in [0, 0.05) is 5.03 Å². The topological polar surface area (TPSA) is 0 Å². The van der Waals surface area contributed by atoms with E-state index in [1.165, 1.54) is 6.92 Å². The van der Waals surface area contributed by atoms with Gasteiger partial charge in [0.2, 0.25) is 5.83 Å². The Hall–Kier alpha value is -0.510. The van der Waals surface area contributed by atoms with Gasteiger partial charge in [0.15, 0.2) is 0 Å². The summed E-state index contributed by atoms with van der Waals surface area (Å²) in [5, 5.41) is -0.278. The molecule has 0 nitrogen and oxygen atoms in total. The van der Waals surface area contributed by atoms with Gasteiger partial charge in [-0.1, -0.05) is 17.7 Å². The normalized spacial score (nSPS) is 15.5. The third-order valence-electron chi connectivity index (χ3n) is 0.811. The van der Waals surface area contributed by atoms with Gasteiger partial charge in [-0.15, -0.1) is 0 Å². The molecule has 0 atom stereocenters. The summed E-state index contributed by atoms with van der Waals surface area (Å²) < 4.78 is 46.2. The number of allylic oxidation sites excluding steroid dienone is 4. The maximum absolute atomic E-state index is 12.0. The highest BCUT2D eigenvalue weighted by atomic mass is 35.5. The van der Waals surface area contributed by atoms with Crippen molar-refractivity contribution in [3.8, 4) is 0 Å². The number of alkyl halides is 3. The molecule has 0 saturated carbocycles. The van der Waals surface area contributed by atoms with E-state index in [9.17, 15) is 17.6 Å². The summed E-state index contributed by atoms with van der Waals surface area (Å²) in [4.78, 5) is 0. The lowest BCUT2D eigenvalue weighted by Crippen LogP contribution is -2.07. The standard InChI is InChI=1S/C6H5ClF4/c1-2-4(7)3-5(8)6(9,10)11/h2-3H,1H3. The molecule has 0 N–H and O–H groups in total. The molecule has 0 unspecified atom stereocenters. The van der Waals surface area contributed by atoms with Crippen LogP contribution in [0.1, 0.15) is 6.92 Å². The van der Waals surface area contributed by atoms with Gasteiger partial charge in [-0.25, -0.2) is 4.39 Å². The van der Waals surface area contributed by atoms with Gasteiger partial charge in [-0.05, 0) is 13.0 Å². The molecule has 0 aromatic rings. The van der Waals surface area contributed by atoms with E-state index in [1.54, 1.807) is 0 Å². The van der Waals surface area contributed by atoms with Crippen molar-refractivity contribution in [1.29, 1.82) is 0 Å². The summed E-state index contributed by atoms with van der Waals surface area (Å²) in [6.07, 6.45) is -3.56. The molecular formula is C6H5ClF4. The highest BCUT2D eigenvalue weighted by molar-refractivity contribution is 6.31. The quantitative estimate of drug-likeness (QED) is 0.436. The highest BCUT2D eigenvalue weighted by Gasteiger charge is 2.34. The molecule has 0 aromatic heterocycles. The Kier molecular flexibility index (Phi) is 3.58. The summed E-state index contributed by atoms with van der Waals surface area (Å²) in [6, 6.07) is 0. The Morgan fingerprint density at radius 3 is 2.09 bits per heavy atom. The van der Waals surface area contributed by atoms with Gasteiger partial charge in [0.1, 0.15) is 0 Å². The van der Waals surface area contributed by atoms with Crippen molar-refractivity contribution in [3.63, 3.8) is 0 Å². The highest BCUT2D eigenvalue weighted by Crippen LogP contribution is 2.27. The molecule has 0 saturated heterocycles. The van der Waals surface area contributed by atoms with Gasteiger partial charge in [-0.3, -0.25) is 0 Å². The Bertz CT molecular complexity index is 189. The predicted molar refractivity (Wildman–Crippen MR) is 34.9 cm³/mol. The second-order valence-electron chi connectivity index (χ2n) is 1.66. The van der Waals surface area contributed by atoms with Crippen LogP contribution in [-0.2, 0) is 0 Å². The first-order chi connectivity index (χ1) is 4.88. The van der Waals surface area contributed by atoms with Crippen molar-refractivity contribution >= 4 is 11.6 Å². The van der Waals surface area contributed by atoms with Crippen LogP contribution in [0.5, 0.6) is 0 Å². The second kappa shape index (κ2) is 3.76. The lowest BCUT2D eigenvalue weighted by Gasteiger charge is -2.00. The summed E-state index contributed by atoms with van der Waals surface area (Å²) in [5.41, 5.74) is 0. The van der Waals surface area contributed by atoms with E-state index in [0.29, 0.717) is 0 Å². The zero-order valence-electron chi connectivity index (χ0n) is 5.54. The van der Waals surface area contributed by atoms with Crippen LogP contribution < -0.4 is 0 Å². The second-order valence-corrected chi connectivity index (χ2v) is 2.10. The van der Waals surface area contributed by atoms with Gasteiger partial charge in [-0.2, -0.15) is 13.2 Å². The van der Waals surface area contributed by atoms with Crippen LogP contribution in [0.2, 0.25) is 0 Å². The van der Waals surface area contributed by atoms with E-state index < -0.39 is 12.0 Å². The molecule has 5 heteroatoms. The molecule has 0 rings (SSSR count). The van der Waals surface area contributed by atoms with Crippen molar-refractivity contribution in [2.45, 2.75) is 13.1 Å². The van der Waals surface area contributed by atoms with E-state index in [-0.39, 0.29) is 11.1 Å². The zero-order chi connectivity index (χ0) is 9.07. The molecule has 0 aliphatic carbocycles. The smallest absolute Gasteiger partial charge is 0.202 e. The first-order valence-corrected chi connectivity index (χ1v) is 3.02. The number of hydrogen-bond donors (Lipinski definition) is 0. The molecular weight excluding hydrogens is 184 g/mol. The van der Waals surface area contributed by atoms with Gasteiger partial charge >= 0.3 is 6.18 Å². The van der Waals surface area contributed by atoms with E-state index in [2.05, 4.69) is 0 Å². The summed E-state index contributed by atoms with van der Waals surface area (Å²) >= 11 is 5.11. The molecule has 0 aliphatic heterocycles. The summed E-state index contributed by atoms with van der Waals surface area (Å²) in [7, 11) is 0. The van der Waals surface area contributed by atoms with Gasteiger partial charge < -0.3 is 0 Å². The first kappa shape index (κ1) is 10.5. The van der Waals surface area contributed by atoms with Crippen molar-refractivity contribution in [3.05, 3.63) is 23.0 Å². The minimum atomic E-state index is -4.94. The maximum Gasteiger partial charge on any atom is 0.442 e. The largest absolute Gasteiger partial charge is 0.442 e. The van der Waals surface area contributed by atoms with Gasteiger partial charge in [0.25, 0.3) is 0 Å². The van der Waals surface area contributed by atoms with Gasteiger partial charge in [0.05, 0.1) is 0 Å². The fourth-order valence-electron chi connectivity index (χ4n) is 0.286. The van der Waals surface area contributed by atoms with E-state index in [4.69, 9.17) is 11.6 Å². The average Bonchev–Trinajstić information content (AvgIpc) is 1.85. The third kappa shape index (κ3) is 4.03. The van der Waals surface area contributed by atoms with Crippen LogP contribution in [0.4, 0.5) is 17.6 Å². The number of halogens is 5. The SMILES string of the molecule is CC=C(Cl)C=C(F)C(F)(F)F. The Morgan fingerprint density at radius 2 is 1.82 bits per heavy atom. The van der Waals surface area contributed by atoms with Crippen LogP contribution in [0.3, 0.4) is 0 Å². The van der Waals surface area contributed by atoms with Crippen molar-refractivity contribution in [2.75, 3.05) is 0 Å².